The standard InChI is InChI=1S/C12H19NO3.ClH/c1-5-15-11(14)8-6-10(12(2,3)4)16-9(8)7-13;/h6H,5,7,13H2,1-4H3;1H. The molecule has 0 saturated heterocycles. The van der Waals surface area contributed by atoms with E-state index in [9.17, 15) is 4.79 Å². The van der Waals surface area contributed by atoms with Crippen LogP contribution in [0.5, 0.6) is 0 Å². The minimum absolute atomic E-state index is 0. The highest BCUT2D eigenvalue weighted by molar-refractivity contribution is 5.90. The number of rotatable bonds is 3. The number of hydrogen-bond acceptors (Lipinski definition) is 4. The van der Waals surface area contributed by atoms with Crippen molar-refractivity contribution < 1.29 is 13.9 Å². The van der Waals surface area contributed by atoms with Gasteiger partial charge in [-0.1, -0.05) is 20.8 Å². The van der Waals surface area contributed by atoms with Crippen molar-refractivity contribution >= 4 is 18.4 Å². The van der Waals surface area contributed by atoms with Gasteiger partial charge in [0.25, 0.3) is 0 Å². The molecule has 1 heterocycles. The highest BCUT2D eigenvalue weighted by Gasteiger charge is 2.24. The Bertz CT molecular complexity index is 380. The van der Waals surface area contributed by atoms with E-state index in [-0.39, 0.29) is 30.3 Å². The van der Waals surface area contributed by atoms with Gasteiger partial charge in [-0.15, -0.1) is 12.4 Å². The summed E-state index contributed by atoms with van der Waals surface area (Å²) in [6, 6.07) is 1.72. The van der Waals surface area contributed by atoms with E-state index in [1.54, 1.807) is 13.0 Å². The van der Waals surface area contributed by atoms with Crippen molar-refractivity contribution in [2.75, 3.05) is 6.61 Å². The first-order valence-electron chi connectivity index (χ1n) is 5.40. The van der Waals surface area contributed by atoms with Gasteiger partial charge in [0.1, 0.15) is 17.1 Å². The van der Waals surface area contributed by atoms with Gasteiger partial charge in [-0.2, -0.15) is 0 Å². The fraction of sp³-hybridized carbons (Fsp3) is 0.583. The van der Waals surface area contributed by atoms with Crippen LogP contribution in [0, 0.1) is 0 Å². The van der Waals surface area contributed by atoms with Gasteiger partial charge >= 0.3 is 5.97 Å². The van der Waals surface area contributed by atoms with Gasteiger partial charge in [0, 0.05) is 5.41 Å². The number of hydrogen-bond donors (Lipinski definition) is 1. The van der Waals surface area contributed by atoms with Crippen LogP contribution in [0.3, 0.4) is 0 Å². The van der Waals surface area contributed by atoms with Crippen molar-refractivity contribution in [2.24, 2.45) is 5.73 Å². The van der Waals surface area contributed by atoms with Gasteiger partial charge in [0.2, 0.25) is 0 Å². The van der Waals surface area contributed by atoms with Crippen molar-refractivity contribution in [1.29, 1.82) is 0 Å². The van der Waals surface area contributed by atoms with Crippen LogP contribution in [0.25, 0.3) is 0 Å². The van der Waals surface area contributed by atoms with Crippen LogP contribution in [0.2, 0.25) is 0 Å². The molecule has 1 aromatic rings. The zero-order valence-electron chi connectivity index (χ0n) is 10.7. The topological polar surface area (TPSA) is 65.5 Å². The number of carbonyl (C=O) groups excluding carboxylic acids is 1. The molecule has 0 bridgehead atoms. The molecule has 0 aliphatic heterocycles. The van der Waals surface area contributed by atoms with Crippen LogP contribution in [0.1, 0.15) is 49.6 Å². The zero-order valence-corrected chi connectivity index (χ0v) is 11.5. The van der Waals surface area contributed by atoms with Gasteiger partial charge in [-0.25, -0.2) is 4.79 Å². The number of carbonyl (C=O) groups is 1. The smallest absolute Gasteiger partial charge is 0.341 e. The Hall–Kier alpha value is -1.00. The predicted molar refractivity (Wildman–Crippen MR) is 68.5 cm³/mol. The molecule has 0 saturated carbocycles. The van der Waals surface area contributed by atoms with Gasteiger partial charge in [0.05, 0.1) is 13.2 Å². The largest absolute Gasteiger partial charge is 0.463 e. The summed E-state index contributed by atoms with van der Waals surface area (Å²) in [6.07, 6.45) is 0. The quantitative estimate of drug-likeness (QED) is 0.850. The Kier molecular flexibility index (Phi) is 5.72. The number of ether oxygens (including phenoxy) is 1. The van der Waals surface area contributed by atoms with Crippen LogP contribution in [0.4, 0.5) is 0 Å². The van der Waals surface area contributed by atoms with Crippen molar-refractivity contribution in [3.05, 3.63) is 23.2 Å². The third kappa shape index (κ3) is 3.75. The molecule has 0 spiro atoms. The van der Waals surface area contributed by atoms with Gasteiger partial charge in [0.15, 0.2) is 0 Å². The second kappa shape index (κ2) is 6.07. The molecule has 98 valence electrons. The maximum Gasteiger partial charge on any atom is 0.341 e. The average Bonchev–Trinajstić information content (AvgIpc) is 2.61. The molecule has 2 N–H and O–H groups in total. The van der Waals surface area contributed by atoms with Crippen LogP contribution < -0.4 is 5.73 Å². The summed E-state index contributed by atoms with van der Waals surface area (Å²) in [4.78, 5) is 11.6. The molecule has 0 atom stereocenters. The molecule has 0 aliphatic rings. The molecule has 0 aromatic carbocycles. The van der Waals surface area contributed by atoms with E-state index in [2.05, 4.69) is 0 Å². The van der Waals surface area contributed by atoms with Gasteiger partial charge < -0.3 is 14.9 Å². The Balaban J connectivity index is 0.00000256. The van der Waals surface area contributed by atoms with E-state index in [1.807, 2.05) is 20.8 Å². The number of esters is 1. The Labute approximate surface area is 108 Å². The Morgan fingerprint density at radius 2 is 2.06 bits per heavy atom. The number of nitrogens with two attached hydrogens (primary N) is 1. The monoisotopic (exact) mass is 261 g/mol. The van der Waals surface area contributed by atoms with Crippen molar-refractivity contribution in [3.8, 4) is 0 Å². The number of halogens is 1. The molecular formula is C12H20ClNO3. The summed E-state index contributed by atoms with van der Waals surface area (Å²) in [7, 11) is 0. The van der Waals surface area contributed by atoms with Crippen LogP contribution >= 0.6 is 12.4 Å². The molecule has 1 aromatic heterocycles. The van der Waals surface area contributed by atoms with E-state index in [0.29, 0.717) is 17.9 Å². The fourth-order valence-electron chi connectivity index (χ4n) is 1.33. The van der Waals surface area contributed by atoms with E-state index in [0.717, 1.165) is 5.76 Å². The first-order valence-corrected chi connectivity index (χ1v) is 5.40. The van der Waals surface area contributed by atoms with Crippen molar-refractivity contribution in [3.63, 3.8) is 0 Å². The predicted octanol–water partition coefficient (Wildman–Crippen LogP) is 2.63. The molecule has 0 radical (unpaired) electrons. The molecule has 5 heteroatoms. The Morgan fingerprint density at radius 3 is 2.47 bits per heavy atom. The van der Waals surface area contributed by atoms with Crippen LogP contribution in [-0.2, 0) is 16.7 Å². The SMILES string of the molecule is CCOC(=O)c1cc(C(C)(C)C)oc1CN.Cl. The second-order valence-corrected chi connectivity index (χ2v) is 4.62. The minimum Gasteiger partial charge on any atom is -0.463 e. The first kappa shape index (κ1) is 16.0. The molecule has 0 unspecified atom stereocenters. The molecule has 0 amide bonds. The molecule has 1 rings (SSSR count). The third-order valence-corrected chi connectivity index (χ3v) is 2.23. The maximum atomic E-state index is 11.6. The lowest BCUT2D eigenvalue weighted by molar-refractivity contribution is 0.0524. The molecule has 17 heavy (non-hydrogen) atoms. The lowest BCUT2D eigenvalue weighted by Gasteiger charge is -2.13. The summed E-state index contributed by atoms with van der Waals surface area (Å²) in [5.74, 6) is 0.863. The van der Waals surface area contributed by atoms with Crippen LogP contribution in [-0.4, -0.2) is 12.6 Å². The highest BCUT2D eigenvalue weighted by Crippen LogP contribution is 2.27. The van der Waals surface area contributed by atoms with E-state index in [1.165, 1.54) is 0 Å². The Morgan fingerprint density at radius 1 is 1.47 bits per heavy atom. The minimum atomic E-state index is -0.373. The summed E-state index contributed by atoms with van der Waals surface area (Å²) in [6.45, 7) is 8.36. The third-order valence-electron chi connectivity index (χ3n) is 2.23. The van der Waals surface area contributed by atoms with Crippen molar-refractivity contribution in [1.82, 2.24) is 0 Å². The first-order chi connectivity index (χ1) is 7.40. The second-order valence-electron chi connectivity index (χ2n) is 4.62. The molecule has 0 aliphatic carbocycles. The summed E-state index contributed by atoms with van der Waals surface area (Å²) >= 11 is 0. The van der Waals surface area contributed by atoms with E-state index >= 15 is 0 Å². The lowest BCUT2D eigenvalue weighted by Crippen LogP contribution is -2.09. The highest BCUT2D eigenvalue weighted by atomic mass is 35.5. The summed E-state index contributed by atoms with van der Waals surface area (Å²) < 4.78 is 10.5. The molecule has 4 nitrogen and oxygen atoms in total. The summed E-state index contributed by atoms with van der Waals surface area (Å²) in [5.41, 5.74) is 5.83. The lowest BCUT2D eigenvalue weighted by atomic mass is 9.93. The maximum absolute atomic E-state index is 11.6. The van der Waals surface area contributed by atoms with E-state index < -0.39 is 0 Å². The van der Waals surface area contributed by atoms with Crippen LogP contribution in [0.15, 0.2) is 10.5 Å². The van der Waals surface area contributed by atoms with Gasteiger partial charge in [-0.3, -0.25) is 0 Å². The average molecular weight is 262 g/mol. The molecular weight excluding hydrogens is 242 g/mol. The summed E-state index contributed by atoms with van der Waals surface area (Å²) in [5, 5.41) is 0. The normalized spacial score (nSPS) is 10.9. The fourth-order valence-corrected chi connectivity index (χ4v) is 1.33. The number of furan rings is 1. The van der Waals surface area contributed by atoms with Crippen molar-refractivity contribution in [2.45, 2.75) is 39.7 Å². The molecule has 0 fully saturated rings. The zero-order chi connectivity index (χ0) is 12.3. The van der Waals surface area contributed by atoms with E-state index in [4.69, 9.17) is 14.9 Å². The van der Waals surface area contributed by atoms with Gasteiger partial charge in [-0.05, 0) is 13.0 Å².